The molecule has 1 amide bonds. The summed E-state index contributed by atoms with van der Waals surface area (Å²) in [6.07, 6.45) is -6.53. The van der Waals surface area contributed by atoms with Crippen LogP contribution in [0.3, 0.4) is 0 Å². The van der Waals surface area contributed by atoms with Crippen molar-refractivity contribution in [1.29, 1.82) is 0 Å². The van der Waals surface area contributed by atoms with Crippen molar-refractivity contribution in [2.45, 2.75) is 56.5 Å². The fraction of sp³-hybridized carbons (Fsp3) is 0.917. The third-order valence-corrected chi connectivity index (χ3v) is 3.55. The van der Waals surface area contributed by atoms with E-state index < -0.39 is 36.3 Å². The van der Waals surface area contributed by atoms with Gasteiger partial charge < -0.3 is 5.32 Å². The molecule has 1 fully saturated rings. The molecule has 0 aromatic carbocycles. The van der Waals surface area contributed by atoms with Crippen LogP contribution in [0.2, 0.25) is 0 Å². The molecule has 136 valence electrons. The molecule has 1 atom stereocenters. The van der Waals surface area contributed by atoms with Crippen LogP contribution in [0.25, 0.3) is 0 Å². The third-order valence-electron chi connectivity index (χ3n) is 3.55. The molecule has 1 N–H and O–H groups in total. The molecular formula is C12H16F8N2O. The van der Waals surface area contributed by atoms with Crippen molar-refractivity contribution in [3.8, 4) is 0 Å². The van der Waals surface area contributed by atoms with Gasteiger partial charge >= 0.3 is 24.2 Å². The van der Waals surface area contributed by atoms with E-state index in [2.05, 4.69) is 0 Å². The largest absolute Gasteiger partial charge is 0.381 e. The normalized spacial score (nSPS) is 19.7. The summed E-state index contributed by atoms with van der Waals surface area (Å²) in [7, 11) is 0. The lowest BCUT2D eigenvalue weighted by molar-refractivity contribution is -0.352. The molecule has 3 nitrogen and oxygen atoms in total. The van der Waals surface area contributed by atoms with Crippen molar-refractivity contribution in [2.75, 3.05) is 13.1 Å². The predicted octanol–water partition coefficient (Wildman–Crippen LogP) is 3.11. The highest BCUT2D eigenvalue weighted by Crippen LogP contribution is 2.50. The minimum Gasteiger partial charge on any atom is -0.335 e. The maximum atomic E-state index is 14.0. The van der Waals surface area contributed by atoms with Crippen LogP contribution in [0.15, 0.2) is 0 Å². The van der Waals surface area contributed by atoms with Gasteiger partial charge in [0.15, 0.2) is 6.17 Å². The number of likely N-dealkylation sites (tertiary alicyclic amines) is 1. The minimum absolute atomic E-state index is 0.156. The topological polar surface area (TPSA) is 32.3 Å². The van der Waals surface area contributed by atoms with E-state index >= 15 is 0 Å². The zero-order chi connectivity index (χ0) is 18.1. The molecule has 0 aliphatic carbocycles. The van der Waals surface area contributed by atoms with Crippen molar-refractivity contribution in [2.24, 2.45) is 0 Å². The first-order valence-corrected chi connectivity index (χ1v) is 6.78. The molecule has 0 aromatic heterocycles. The number of hydrogen-bond acceptors (Lipinski definition) is 2. The highest BCUT2D eigenvalue weighted by atomic mass is 19.4. The molecule has 1 rings (SSSR count). The van der Waals surface area contributed by atoms with Gasteiger partial charge in [-0.2, -0.15) is 26.3 Å². The molecule has 0 saturated carbocycles. The first-order valence-electron chi connectivity index (χ1n) is 6.78. The molecule has 0 bridgehead atoms. The van der Waals surface area contributed by atoms with E-state index in [-0.39, 0.29) is 13.1 Å². The lowest BCUT2D eigenvalue weighted by atomic mass is 9.99. The maximum Gasteiger partial charge on any atom is 0.381 e. The molecule has 0 unspecified atom stereocenters. The quantitative estimate of drug-likeness (QED) is 0.742. The van der Waals surface area contributed by atoms with Gasteiger partial charge in [0, 0.05) is 20.0 Å². The summed E-state index contributed by atoms with van der Waals surface area (Å²) in [5, 5.41) is 1.49. The average Bonchev–Trinajstić information content (AvgIpc) is 2.44. The lowest BCUT2D eigenvalue weighted by Gasteiger charge is -2.42. The van der Waals surface area contributed by atoms with Gasteiger partial charge in [-0.1, -0.05) is 6.42 Å². The Bertz CT molecular complexity index is 423. The van der Waals surface area contributed by atoms with Crippen LogP contribution in [0.5, 0.6) is 0 Å². The van der Waals surface area contributed by atoms with Crippen LogP contribution >= 0.6 is 0 Å². The Morgan fingerprint density at radius 1 is 0.957 bits per heavy atom. The van der Waals surface area contributed by atoms with E-state index in [9.17, 15) is 39.9 Å². The number of nitrogens with one attached hydrogen (secondary N) is 1. The second-order valence-electron chi connectivity index (χ2n) is 5.32. The number of carbonyl (C=O) groups excluding carboxylic acids is 1. The van der Waals surface area contributed by atoms with Crippen molar-refractivity contribution in [3.05, 3.63) is 0 Å². The van der Waals surface area contributed by atoms with E-state index in [0.717, 1.165) is 6.92 Å². The smallest absolute Gasteiger partial charge is 0.335 e. The fourth-order valence-electron chi connectivity index (χ4n) is 2.31. The molecular weight excluding hydrogens is 340 g/mol. The van der Waals surface area contributed by atoms with Gasteiger partial charge in [0.2, 0.25) is 5.91 Å². The van der Waals surface area contributed by atoms with Gasteiger partial charge in [-0.3, -0.25) is 9.69 Å². The number of rotatable bonds is 6. The number of alkyl halides is 8. The van der Waals surface area contributed by atoms with Gasteiger partial charge in [-0.15, -0.1) is 0 Å². The second kappa shape index (κ2) is 6.78. The number of hydrogen-bond donors (Lipinski definition) is 1. The van der Waals surface area contributed by atoms with Gasteiger partial charge in [-0.05, 0) is 12.8 Å². The summed E-state index contributed by atoms with van der Waals surface area (Å²) < 4.78 is 105. The van der Waals surface area contributed by atoms with E-state index in [1.54, 1.807) is 0 Å². The van der Waals surface area contributed by atoms with Crippen LogP contribution in [0.4, 0.5) is 35.1 Å². The first-order chi connectivity index (χ1) is 10.4. The summed E-state index contributed by atoms with van der Waals surface area (Å²) in [5.74, 6) is -19.4. The maximum absolute atomic E-state index is 14.0. The van der Waals surface area contributed by atoms with Crippen LogP contribution in [-0.2, 0) is 4.79 Å². The Morgan fingerprint density at radius 3 is 1.83 bits per heavy atom. The van der Waals surface area contributed by atoms with Crippen molar-refractivity contribution < 1.29 is 39.9 Å². The molecule has 1 heterocycles. The van der Waals surface area contributed by atoms with E-state index in [1.165, 1.54) is 5.32 Å². The number of piperidine rings is 1. The molecule has 0 aromatic rings. The molecule has 0 spiro atoms. The minimum atomic E-state index is -6.35. The SMILES string of the molecule is CC(=O)N[C@@H](N1CCCCC1)C(F)(F)C(F)(F)C(F)(F)C(F)F. The molecule has 11 heteroatoms. The van der Waals surface area contributed by atoms with E-state index in [0.29, 0.717) is 24.2 Å². The predicted molar refractivity (Wildman–Crippen MR) is 63.9 cm³/mol. The standard InChI is InChI=1S/C12H16F8N2O/c1-7(23)21-9(22-5-3-2-4-6-22)11(17,18)12(19,20)10(15,16)8(13)14/h8-9H,2-6H2,1H3,(H,21,23)/t9-/m0/s1. The molecule has 23 heavy (non-hydrogen) atoms. The van der Waals surface area contributed by atoms with E-state index in [1.807, 2.05) is 0 Å². The Labute approximate surface area is 127 Å². The summed E-state index contributed by atoms with van der Waals surface area (Å²) in [5.41, 5.74) is 0. The third kappa shape index (κ3) is 3.69. The van der Waals surface area contributed by atoms with Crippen molar-refractivity contribution in [3.63, 3.8) is 0 Å². The Balaban J connectivity index is 3.22. The van der Waals surface area contributed by atoms with Gasteiger partial charge in [-0.25, -0.2) is 8.78 Å². The fourth-order valence-corrected chi connectivity index (χ4v) is 2.31. The second-order valence-corrected chi connectivity index (χ2v) is 5.32. The van der Waals surface area contributed by atoms with Crippen molar-refractivity contribution in [1.82, 2.24) is 10.2 Å². The molecule has 1 aliphatic heterocycles. The van der Waals surface area contributed by atoms with Crippen LogP contribution in [0, 0.1) is 0 Å². The average molecular weight is 356 g/mol. The van der Waals surface area contributed by atoms with Crippen LogP contribution in [-0.4, -0.2) is 54.3 Å². The monoisotopic (exact) mass is 356 g/mol. The van der Waals surface area contributed by atoms with E-state index in [4.69, 9.17) is 0 Å². The van der Waals surface area contributed by atoms with Gasteiger partial charge in [0.25, 0.3) is 0 Å². The Hall–Kier alpha value is -1.13. The zero-order valence-corrected chi connectivity index (χ0v) is 12.1. The molecule has 1 aliphatic rings. The van der Waals surface area contributed by atoms with Gasteiger partial charge in [0.05, 0.1) is 0 Å². The summed E-state index contributed by atoms with van der Waals surface area (Å²) in [4.78, 5) is 11.7. The number of amides is 1. The summed E-state index contributed by atoms with van der Waals surface area (Å²) in [6, 6.07) is 0. The number of halogens is 8. The summed E-state index contributed by atoms with van der Waals surface area (Å²) in [6.45, 7) is 0.421. The van der Waals surface area contributed by atoms with Crippen molar-refractivity contribution >= 4 is 5.91 Å². The Kier molecular flexibility index (Phi) is 5.87. The highest BCUT2D eigenvalue weighted by Gasteiger charge is 2.78. The van der Waals surface area contributed by atoms with Crippen LogP contribution < -0.4 is 5.32 Å². The lowest BCUT2D eigenvalue weighted by Crippen LogP contribution is -2.69. The highest BCUT2D eigenvalue weighted by molar-refractivity contribution is 5.73. The Morgan fingerprint density at radius 2 is 1.43 bits per heavy atom. The molecule has 0 radical (unpaired) electrons. The zero-order valence-electron chi connectivity index (χ0n) is 12.1. The van der Waals surface area contributed by atoms with Crippen LogP contribution in [0.1, 0.15) is 26.2 Å². The first kappa shape index (κ1) is 19.9. The van der Waals surface area contributed by atoms with Gasteiger partial charge in [0.1, 0.15) is 0 Å². The summed E-state index contributed by atoms with van der Waals surface area (Å²) >= 11 is 0. The number of nitrogens with zero attached hydrogens (tertiary/aromatic N) is 1. The number of carbonyl (C=O) groups is 1. The molecule has 1 saturated heterocycles.